The first kappa shape index (κ1) is 21.4. The Hall–Kier alpha value is -2.26. The quantitative estimate of drug-likeness (QED) is 0.714. The summed E-state index contributed by atoms with van der Waals surface area (Å²) in [6, 6.07) is 1.53. The summed E-state index contributed by atoms with van der Waals surface area (Å²) in [7, 11) is -2.62. The van der Waals surface area contributed by atoms with Gasteiger partial charge in [-0.05, 0) is 61.3 Å². The molecule has 0 unspecified atom stereocenters. The highest BCUT2D eigenvalue weighted by molar-refractivity contribution is 7.90. The highest BCUT2D eigenvalue weighted by atomic mass is 32.2. The lowest BCUT2D eigenvalue weighted by Crippen LogP contribution is -2.27. The van der Waals surface area contributed by atoms with E-state index in [2.05, 4.69) is 26.3 Å². The minimum absolute atomic E-state index is 0.183. The first-order chi connectivity index (χ1) is 13.8. The van der Waals surface area contributed by atoms with E-state index in [9.17, 15) is 12.8 Å². The van der Waals surface area contributed by atoms with Crippen molar-refractivity contribution in [3.05, 3.63) is 47.2 Å². The molecule has 158 valence electrons. The van der Waals surface area contributed by atoms with Crippen LogP contribution in [0.25, 0.3) is 0 Å². The van der Waals surface area contributed by atoms with E-state index in [0.717, 1.165) is 42.7 Å². The molecule has 0 aliphatic heterocycles. The average molecular weight is 423 g/mol. The van der Waals surface area contributed by atoms with E-state index in [1.807, 2.05) is 6.92 Å². The summed E-state index contributed by atoms with van der Waals surface area (Å²) < 4.78 is 48.4. The molecule has 1 aliphatic carbocycles. The number of pyridine rings is 2. The second kappa shape index (κ2) is 9.04. The third kappa shape index (κ3) is 5.42. The predicted molar refractivity (Wildman–Crippen MR) is 110 cm³/mol. The Morgan fingerprint density at radius 1 is 1.21 bits per heavy atom. The number of ether oxygens (including phenoxy) is 1. The smallest absolute Gasteiger partial charge is 0.300 e. The van der Waals surface area contributed by atoms with Crippen LogP contribution in [0, 0.1) is 18.7 Å². The second-order valence-corrected chi connectivity index (χ2v) is 9.16. The highest BCUT2D eigenvalue weighted by Gasteiger charge is 2.21. The van der Waals surface area contributed by atoms with Gasteiger partial charge in [0.05, 0.1) is 12.3 Å². The minimum atomic E-state index is -3.85. The zero-order valence-electron chi connectivity index (χ0n) is 16.9. The molecule has 2 aromatic heterocycles. The molecule has 0 atom stereocenters. The van der Waals surface area contributed by atoms with E-state index < -0.39 is 16.0 Å². The van der Waals surface area contributed by atoms with Gasteiger partial charge in [-0.3, -0.25) is 9.71 Å². The number of hydrogen-bond acceptors (Lipinski definition) is 5. The van der Waals surface area contributed by atoms with Crippen LogP contribution in [-0.4, -0.2) is 31.5 Å². The van der Waals surface area contributed by atoms with Crippen LogP contribution in [0.15, 0.2) is 24.7 Å². The fourth-order valence-electron chi connectivity index (χ4n) is 3.45. The van der Waals surface area contributed by atoms with Gasteiger partial charge in [0.1, 0.15) is 5.75 Å². The fraction of sp³-hybridized carbons (Fsp3) is 0.500. The van der Waals surface area contributed by atoms with E-state index in [1.54, 1.807) is 12.4 Å². The Bertz CT molecular complexity index is 960. The van der Waals surface area contributed by atoms with Crippen LogP contribution in [0.2, 0.25) is 0 Å². The molecule has 29 heavy (non-hydrogen) atoms. The van der Waals surface area contributed by atoms with Gasteiger partial charge in [0.25, 0.3) is 10.2 Å². The third-order valence-corrected chi connectivity index (χ3v) is 6.38. The van der Waals surface area contributed by atoms with Crippen molar-refractivity contribution >= 4 is 16.0 Å². The topological polar surface area (TPSA) is 93.2 Å². The Labute approximate surface area is 171 Å². The normalized spacial score (nSPS) is 19.7. The summed E-state index contributed by atoms with van der Waals surface area (Å²) in [5.41, 5.74) is 2.05. The number of halogens is 1. The van der Waals surface area contributed by atoms with Gasteiger partial charge >= 0.3 is 0 Å². The Kier molecular flexibility index (Phi) is 6.69. The van der Waals surface area contributed by atoms with Crippen molar-refractivity contribution < 1.29 is 17.5 Å². The molecule has 0 saturated heterocycles. The monoisotopic (exact) mass is 422 g/mol. The van der Waals surface area contributed by atoms with Crippen molar-refractivity contribution in [1.29, 1.82) is 0 Å². The van der Waals surface area contributed by atoms with Gasteiger partial charge in [-0.15, -0.1) is 0 Å². The first-order valence-corrected chi connectivity index (χ1v) is 11.2. The maximum Gasteiger partial charge on any atom is 0.300 e. The molecule has 2 aromatic rings. The second-order valence-electron chi connectivity index (χ2n) is 7.54. The van der Waals surface area contributed by atoms with Crippen LogP contribution in [0.5, 0.6) is 5.75 Å². The average Bonchev–Trinajstić information content (AvgIpc) is 2.69. The minimum Gasteiger partial charge on any atom is -0.489 e. The van der Waals surface area contributed by atoms with E-state index in [-0.39, 0.29) is 18.3 Å². The Morgan fingerprint density at radius 3 is 2.62 bits per heavy atom. The molecule has 9 heteroatoms. The summed E-state index contributed by atoms with van der Waals surface area (Å²) in [5.74, 6) is 0.404. The van der Waals surface area contributed by atoms with Crippen molar-refractivity contribution in [2.24, 2.45) is 5.92 Å². The molecule has 1 saturated carbocycles. The number of hydrogen-bond donors (Lipinski definition) is 2. The molecule has 0 aromatic carbocycles. The van der Waals surface area contributed by atoms with Gasteiger partial charge in [-0.1, -0.05) is 6.92 Å². The van der Waals surface area contributed by atoms with Gasteiger partial charge in [-0.25, -0.2) is 14.1 Å². The summed E-state index contributed by atoms with van der Waals surface area (Å²) in [4.78, 5) is 8.05. The van der Waals surface area contributed by atoms with Crippen LogP contribution < -0.4 is 14.2 Å². The zero-order valence-corrected chi connectivity index (χ0v) is 17.7. The molecule has 0 amide bonds. The predicted octanol–water partition coefficient (Wildman–Crippen LogP) is 3.35. The van der Waals surface area contributed by atoms with Gasteiger partial charge in [0.2, 0.25) is 0 Å². The van der Waals surface area contributed by atoms with Crippen molar-refractivity contribution in [2.75, 3.05) is 11.8 Å². The van der Waals surface area contributed by atoms with E-state index in [0.29, 0.717) is 11.3 Å². The Morgan fingerprint density at radius 2 is 1.93 bits per heavy atom. The van der Waals surface area contributed by atoms with E-state index in [1.165, 1.54) is 19.3 Å². The fourth-order valence-corrected chi connectivity index (χ4v) is 3.94. The SMILES string of the molecule is CNS(=O)(=O)Nc1nccc(Cc2cncc(OC3CCC(C)CC3)c2C)c1F. The largest absolute Gasteiger partial charge is 0.489 e. The standard InChI is InChI=1S/C20H27FN4O3S/c1-13-4-6-17(7-5-13)28-18-12-23-11-16(14(18)2)10-15-8-9-24-20(19(15)21)25-29(26,27)22-3/h8-9,11-13,17,22H,4-7,10H2,1-3H3,(H,24,25). The maximum absolute atomic E-state index is 14.8. The molecule has 1 fully saturated rings. The van der Waals surface area contributed by atoms with Crippen LogP contribution in [-0.2, 0) is 16.6 Å². The summed E-state index contributed by atoms with van der Waals surface area (Å²) in [5, 5.41) is 0. The van der Waals surface area contributed by atoms with Gasteiger partial charge in [0, 0.05) is 25.9 Å². The highest BCUT2D eigenvalue weighted by Crippen LogP contribution is 2.30. The van der Waals surface area contributed by atoms with Crippen molar-refractivity contribution in [2.45, 2.75) is 52.1 Å². The third-order valence-electron chi connectivity index (χ3n) is 5.38. The summed E-state index contributed by atoms with van der Waals surface area (Å²) in [6.45, 7) is 4.19. The number of aromatic nitrogens is 2. The number of rotatable bonds is 7. The van der Waals surface area contributed by atoms with Crippen molar-refractivity contribution in [1.82, 2.24) is 14.7 Å². The van der Waals surface area contributed by atoms with Crippen LogP contribution in [0.4, 0.5) is 10.2 Å². The van der Waals surface area contributed by atoms with E-state index >= 15 is 0 Å². The van der Waals surface area contributed by atoms with E-state index in [4.69, 9.17) is 4.74 Å². The molecule has 7 nitrogen and oxygen atoms in total. The number of nitrogens with zero attached hydrogens (tertiary/aromatic N) is 2. The first-order valence-electron chi connectivity index (χ1n) is 9.74. The number of anilines is 1. The molecule has 2 N–H and O–H groups in total. The van der Waals surface area contributed by atoms with Gasteiger partial charge in [-0.2, -0.15) is 8.42 Å². The van der Waals surface area contributed by atoms with Crippen LogP contribution >= 0.6 is 0 Å². The van der Waals surface area contributed by atoms with Crippen molar-refractivity contribution in [3.63, 3.8) is 0 Å². The molecule has 1 aliphatic rings. The lowest BCUT2D eigenvalue weighted by molar-refractivity contribution is 0.134. The number of nitrogens with one attached hydrogen (secondary N) is 2. The zero-order chi connectivity index (χ0) is 21.0. The molecule has 0 spiro atoms. The lowest BCUT2D eigenvalue weighted by Gasteiger charge is -2.27. The molecule has 2 heterocycles. The molecule has 0 radical (unpaired) electrons. The van der Waals surface area contributed by atoms with Crippen LogP contribution in [0.1, 0.15) is 49.3 Å². The molecule has 3 rings (SSSR count). The van der Waals surface area contributed by atoms with Crippen LogP contribution in [0.3, 0.4) is 0 Å². The summed E-state index contributed by atoms with van der Waals surface area (Å²) in [6.07, 6.45) is 9.56. The van der Waals surface area contributed by atoms with Gasteiger partial charge < -0.3 is 4.74 Å². The Balaban J connectivity index is 1.79. The van der Waals surface area contributed by atoms with Crippen molar-refractivity contribution in [3.8, 4) is 5.75 Å². The maximum atomic E-state index is 14.8. The molecule has 0 bridgehead atoms. The molecular weight excluding hydrogens is 395 g/mol. The lowest BCUT2D eigenvalue weighted by atomic mass is 9.89. The summed E-state index contributed by atoms with van der Waals surface area (Å²) >= 11 is 0. The molecular formula is C20H27FN4O3S. The van der Waals surface area contributed by atoms with Gasteiger partial charge in [0.15, 0.2) is 11.6 Å².